The predicted molar refractivity (Wildman–Crippen MR) is 88.7 cm³/mol. The molecule has 1 atom stereocenters. The van der Waals surface area contributed by atoms with E-state index < -0.39 is 6.10 Å². The number of nitrogens with one attached hydrogen (secondary N) is 1. The van der Waals surface area contributed by atoms with Crippen molar-refractivity contribution in [2.75, 3.05) is 20.3 Å². The number of aliphatic hydroxyl groups excluding tert-OH is 1. The van der Waals surface area contributed by atoms with Crippen LogP contribution in [0.2, 0.25) is 0 Å². The standard InChI is InChI=1S/C16H25NO4.ClH/c1-12(2)17-10-14(18)11-21-15-7-4-13(5-8-15)6-9-16(19)20-3;/h4-5,7-8,12,14,17-18H,6,9-11H2,1-3H3;1H/t14-;/m0./s1. The zero-order chi connectivity index (χ0) is 15.7. The molecule has 22 heavy (non-hydrogen) atoms. The van der Waals surface area contributed by atoms with Crippen molar-refractivity contribution in [3.05, 3.63) is 29.8 Å². The van der Waals surface area contributed by atoms with E-state index in [1.807, 2.05) is 38.1 Å². The number of rotatable bonds is 9. The summed E-state index contributed by atoms with van der Waals surface area (Å²) in [6.45, 7) is 4.82. The smallest absolute Gasteiger partial charge is 0.305 e. The van der Waals surface area contributed by atoms with E-state index in [9.17, 15) is 9.90 Å². The van der Waals surface area contributed by atoms with Gasteiger partial charge in [-0.1, -0.05) is 26.0 Å². The molecule has 0 aromatic heterocycles. The maximum atomic E-state index is 11.1. The highest BCUT2D eigenvalue weighted by Gasteiger charge is 2.06. The summed E-state index contributed by atoms with van der Waals surface area (Å²) < 4.78 is 10.1. The fourth-order valence-electron chi connectivity index (χ4n) is 1.72. The van der Waals surface area contributed by atoms with Crippen LogP contribution in [0.5, 0.6) is 5.75 Å². The largest absolute Gasteiger partial charge is 0.491 e. The van der Waals surface area contributed by atoms with Gasteiger partial charge in [0.15, 0.2) is 0 Å². The Morgan fingerprint density at radius 3 is 2.45 bits per heavy atom. The molecule has 0 saturated heterocycles. The Morgan fingerprint density at radius 2 is 1.91 bits per heavy atom. The number of ether oxygens (including phenoxy) is 2. The van der Waals surface area contributed by atoms with Gasteiger partial charge in [-0.25, -0.2) is 0 Å². The molecule has 0 aliphatic heterocycles. The predicted octanol–water partition coefficient (Wildman–Crippen LogP) is 1.95. The third-order valence-corrected chi connectivity index (χ3v) is 2.97. The number of carbonyl (C=O) groups is 1. The van der Waals surface area contributed by atoms with Gasteiger partial charge in [0, 0.05) is 19.0 Å². The Kier molecular flexibility index (Phi) is 10.6. The number of aryl methyl sites for hydroxylation is 1. The van der Waals surface area contributed by atoms with Crippen molar-refractivity contribution in [3.63, 3.8) is 0 Å². The van der Waals surface area contributed by atoms with E-state index in [0.29, 0.717) is 31.2 Å². The van der Waals surface area contributed by atoms with Crippen molar-refractivity contribution in [2.45, 2.75) is 38.8 Å². The van der Waals surface area contributed by atoms with E-state index in [-0.39, 0.29) is 25.0 Å². The number of hydrogen-bond acceptors (Lipinski definition) is 5. The number of carbonyl (C=O) groups excluding carboxylic acids is 1. The minimum absolute atomic E-state index is 0. The van der Waals surface area contributed by atoms with Crippen molar-refractivity contribution >= 4 is 18.4 Å². The van der Waals surface area contributed by atoms with Crippen LogP contribution in [0.15, 0.2) is 24.3 Å². The molecule has 0 aliphatic carbocycles. The summed E-state index contributed by atoms with van der Waals surface area (Å²) in [6, 6.07) is 7.85. The molecule has 6 heteroatoms. The van der Waals surface area contributed by atoms with E-state index in [0.717, 1.165) is 5.56 Å². The van der Waals surface area contributed by atoms with Gasteiger partial charge in [0.25, 0.3) is 0 Å². The summed E-state index contributed by atoms with van der Waals surface area (Å²) >= 11 is 0. The Balaban J connectivity index is 0.00000441. The lowest BCUT2D eigenvalue weighted by molar-refractivity contribution is -0.140. The molecule has 0 spiro atoms. The number of hydrogen-bond donors (Lipinski definition) is 2. The SMILES string of the molecule is COC(=O)CCc1ccc(OC[C@@H](O)CNC(C)C)cc1.Cl. The van der Waals surface area contributed by atoms with E-state index in [1.54, 1.807) is 0 Å². The minimum atomic E-state index is -0.536. The maximum Gasteiger partial charge on any atom is 0.305 e. The summed E-state index contributed by atoms with van der Waals surface area (Å²) in [4.78, 5) is 11.1. The van der Waals surface area contributed by atoms with Crippen LogP contribution in [-0.4, -0.2) is 43.5 Å². The average molecular weight is 332 g/mol. The number of esters is 1. The van der Waals surface area contributed by atoms with Crippen LogP contribution in [-0.2, 0) is 16.0 Å². The number of methoxy groups -OCH3 is 1. The molecule has 0 fully saturated rings. The van der Waals surface area contributed by atoms with Crippen LogP contribution in [0, 0.1) is 0 Å². The molecule has 0 unspecified atom stereocenters. The van der Waals surface area contributed by atoms with Crippen molar-refractivity contribution in [1.29, 1.82) is 0 Å². The summed E-state index contributed by atoms with van der Waals surface area (Å²) in [5.74, 6) is 0.497. The molecule has 1 aromatic rings. The van der Waals surface area contributed by atoms with Crippen LogP contribution >= 0.6 is 12.4 Å². The monoisotopic (exact) mass is 331 g/mol. The highest BCUT2D eigenvalue weighted by atomic mass is 35.5. The zero-order valence-corrected chi connectivity index (χ0v) is 14.2. The second kappa shape index (κ2) is 11.3. The minimum Gasteiger partial charge on any atom is -0.491 e. The van der Waals surface area contributed by atoms with Gasteiger partial charge >= 0.3 is 5.97 Å². The average Bonchev–Trinajstić information content (AvgIpc) is 2.49. The van der Waals surface area contributed by atoms with Crippen molar-refractivity contribution in [1.82, 2.24) is 5.32 Å². The van der Waals surface area contributed by atoms with Crippen LogP contribution in [0.4, 0.5) is 0 Å². The Labute approximate surface area is 138 Å². The van der Waals surface area contributed by atoms with Gasteiger partial charge in [0.1, 0.15) is 18.5 Å². The molecular formula is C16H26ClNO4. The lowest BCUT2D eigenvalue weighted by Gasteiger charge is -2.15. The van der Waals surface area contributed by atoms with Crippen molar-refractivity contribution in [3.8, 4) is 5.75 Å². The number of benzene rings is 1. The van der Waals surface area contributed by atoms with E-state index in [4.69, 9.17) is 4.74 Å². The first-order valence-corrected chi connectivity index (χ1v) is 7.21. The lowest BCUT2D eigenvalue weighted by atomic mass is 10.1. The number of halogens is 1. The van der Waals surface area contributed by atoms with Crippen LogP contribution in [0.1, 0.15) is 25.8 Å². The van der Waals surface area contributed by atoms with Gasteiger partial charge in [-0.3, -0.25) is 4.79 Å². The topological polar surface area (TPSA) is 67.8 Å². The Morgan fingerprint density at radius 1 is 1.27 bits per heavy atom. The van der Waals surface area contributed by atoms with Crippen LogP contribution < -0.4 is 10.1 Å². The summed E-state index contributed by atoms with van der Waals surface area (Å²) in [6.07, 6.45) is 0.482. The van der Waals surface area contributed by atoms with E-state index in [1.165, 1.54) is 7.11 Å². The molecule has 0 radical (unpaired) electrons. The van der Waals surface area contributed by atoms with Crippen LogP contribution in [0.25, 0.3) is 0 Å². The molecule has 0 saturated carbocycles. The van der Waals surface area contributed by atoms with Gasteiger partial charge in [-0.05, 0) is 24.1 Å². The second-order valence-electron chi connectivity index (χ2n) is 5.25. The molecule has 0 aliphatic rings. The van der Waals surface area contributed by atoms with Crippen molar-refractivity contribution in [2.24, 2.45) is 0 Å². The molecule has 126 valence electrons. The molecule has 5 nitrogen and oxygen atoms in total. The summed E-state index contributed by atoms with van der Waals surface area (Å²) in [7, 11) is 1.39. The van der Waals surface area contributed by atoms with Crippen LogP contribution in [0.3, 0.4) is 0 Å². The van der Waals surface area contributed by atoms with Gasteiger partial charge in [0.2, 0.25) is 0 Å². The van der Waals surface area contributed by atoms with Gasteiger partial charge in [-0.2, -0.15) is 0 Å². The molecule has 0 amide bonds. The van der Waals surface area contributed by atoms with Gasteiger partial charge < -0.3 is 19.9 Å². The molecule has 0 bridgehead atoms. The van der Waals surface area contributed by atoms with E-state index >= 15 is 0 Å². The third-order valence-electron chi connectivity index (χ3n) is 2.97. The maximum absolute atomic E-state index is 11.1. The highest BCUT2D eigenvalue weighted by molar-refractivity contribution is 5.85. The fraction of sp³-hybridized carbons (Fsp3) is 0.562. The number of aliphatic hydroxyl groups is 1. The summed E-state index contributed by atoms with van der Waals surface area (Å²) in [5, 5.41) is 12.9. The normalized spacial score (nSPS) is 11.7. The first kappa shape index (κ1) is 20.7. The zero-order valence-electron chi connectivity index (χ0n) is 13.4. The summed E-state index contributed by atoms with van der Waals surface area (Å²) in [5.41, 5.74) is 1.05. The quantitative estimate of drug-likeness (QED) is 0.677. The van der Waals surface area contributed by atoms with E-state index in [2.05, 4.69) is 10.1 Å². The first-order chi connectivity index (χ1) is 10.0. The Bertz CT molecular complexity index is 423. The fourth-order valence-corrected chi connectivity index (χ4v) is 1.72. The Hall–Kier alpha value is -1.30. The second-order valence-corrected chi connectivity index (χ2v) is 5.25. The molecule has 0 heterocycles. The molecular weight excluding hydrogens is 306 g/mol. The van der Waals surface area contributed by atoms with Crippen molar-refractivity contribution < 1.29 is 19.4 Å². The van der Waals surface area contributed by atoms with Gasteiger partial charge in [0.05, 0.1) is 7.11 Å². The molecule has 1 aromatic carbocycles. The highest BCUT2D eigenvalue weighted by Crippen LogP contribution is 2.13. The first-order valence-electron chi connectivity index (χ1n) is 7.21. The molecule has 2 N–H and O–H groups in total. The molecule has 1 rings (SSSR count). The van der Waals surface area contributed by atoms with Gasteiger partial charge in [-0.15, -0.1) is 12.4 Å². The third kappa shape index (κ3) is 8.87. The lowest BCUT2D eigenvalue weighted by Crippen LogP contribution is -2.35.